The van der Waals surface area contributed by atoms with Gasteiger partial charge in [0.15, 0.2) is 0 Å². The molecule has 0 N–H and O–H groups in total. The quantitative estimate of drug-likeness (QED) is 0.574. The lowest BCUT2D eigenvalue weighted by Crippen LogP contribution is -2.38. The summed E-state index contributed by atoms with van der Waals surface area (Å²) >= 11 is 0. The minimum Gasteiger partial charge on any atom is -0.444 e. The van der Waals surface area contributed by atoms with Gasteiger partial charge in [-0.25, -0.2) is 9.59 Å². The Morgan fingerprint density at radius 3 is 2.53 bits per heavy atom. The van der Waals surface area contributed by atoms with Gasteiger partial charge in [-0.3, -0.25) is 0 Å². The maximum absolute atomic E-state index is 11.7. The normalized spacial score (nSPS) is 21.5. The van der Waals surface area contributed by atoms with Crippen molar-refractivity contribution >= 4 is 12.0 Å². The molecule has 1 atom stereocenters. The highest BCUT2D eigenvalue weighted by Gasteiger charge is 2.32. The molecule has 1 rings (SSSR count). The van der Waals surface area contributed by atoms with E-state index in [0.717, 1.165) is 0 Å². The smallest absolute Gasteiger partial charge is 0.410 e. The molecule has 0 bridgehead atoms. The first kappa shape index (κ1) is 11.8. The van der Waals surface area contributed by atoms with Crippen molar-refractivity contribution in [2.45, 2.75) is 45.8 Å². The standard InChI is InChI=1S/C11H17NO3/c1-8-5-9(7-13)6-12(8)10(14)15-11(2,3)4/h8H,5-6H2,1-4H3. The van der Waals surface area contributed by atoms with Crippen molar-refractivity contribution in [2.75, 3.05) is 6.54 Å². The van der Waals surface area contributed by atoms with Gasteiger partial charge in [-0.15, -0.1) is 0 Å². The third kappa shape index (κ3) is 3.10. The Labute approximate surface area is 89.9 Å². The van der Waals surface area contributed by atoms with Gasteiger partial charge in [0.05, 0.1) is 6.54 Å². The highest BCUT2D eigenvalue weighted by atomic mass is 16.6. The summed E-state index contributed by atoms with van der Waals surface area (Å²) in [6.07, 6.45) is 0.239. The summed E-state index contributed by atoms with van der Waals surface area (Å²) < 4.78 is 5.23. The van der Waals surface area contributed by atoms with Crippen LogP contribution in [0, 0.1) is 0 Å². The van der Waals surface area contributed by atoms with Crippen molar-refractivity contribution < 1.29 is 14.3 Å². The van der Waals surface area contributed by atoms with E-state index in [1.165, 1.54) is 0 Å². The van der Waals surface area contributed by atoms with E-state index in [0.29, 0.717) is 18.5 Å². The number of ether oxygens (including phenoxy) is 1. The lowest BCUT2D eigenvalue weighted by atomic mass is 10.2. The topological polar surface area (TPSA) is 46.6 Å². The fraction of sp³-hybridized carbons (Fsp3) is 0.727. The van der Waals surface area contributed by atoms with E-state index >= 15 is 0 Å². The van der Waals surface area contributed by atoms with Gasteiger partial charge in [-0.2, -0.15) is 0 Å². The summed E-state index contributed by atoms with van der Waals surface area (Å²) in [7, 11) is 0. The molecule has 15 heavy (non-hydrogen) atoms. The third-order valence-electron chi connectivity index (χ3n) is 2.21. The molecule has 0 radical (unpaired) electrons. The zero-order valence-electron chi connectivity index (χ0n) is 9.66. The molecule has 0 spiro atoms. The number of nitrogens with zero attached hydrogens (tertiary/aromatic N) is 1. The van der Waals surface area contributed by atoms with Crippen LogP contribution in [-0.4, -0.2) is 35.1 Å². The third-order valence-corrected chi connectivity index (χ3v) is 2.21. The predicted octanol–water partition coefficient (Wildman–Crippen LogP) is 1.77. The second kappa shape index (κ2) is 4.07. The summed E-state index contributed by atoms with van der Waals surface area (Å²) in [6.45, 7) is 7.71. The van der Waals surface area contributed by atoms with Gasteiger partial charge in [-0.1, -0.05) is 0 Å². The van der Waals surface area contributed by atoms with E-state index in [1.807, 2.05) is 33.6 Å². The fourth-order valence-corrected chi connectivity index (χ4v) is 1.53. The molecular weight excluding hydrogens is 194 g/mol. The number of likely N-dealkylation sites (tertiary alicyclic amines) is 1. The summed E-state index contributed by atoms with van der Waals surface area (Å²) in [4.78, 5) is 23.7. The number of rotatable bonds is 0. The molecule has 0 saturated carbocycles. The Bertz CT molecular complexity index is 310. The lowest BCUT2D eigenvalue weighted by molar-refractivity contribution is 0.0242. The van der Waals surface area contributed by atoms with Gasteiger partial charge in [0.1, 0.15) is 11.5 Å². The average Bonchev–Trinajstić information content (AvgIpc) is 2.43. The molecule has 1 saturated heterocycles. The molecule has 4 heteroatoms. The van der Waals surface area contributed by atoms with Gasteiger partial charge in [0.2, 0.25) is 0 Å². The van der Waals surface area contributed by atoms with Crippen LogP contribution in [-0.2, 0) is 9.53 Å². The van der Waals surface area contributed by atoms with E-state index < -0.39 is 5.60 Å². The second-order valence-corrected chi connectivity index (χ2v) is 4.87. The number of carbonyl (C=O) groups excluding carboxylic acids is 2. The Kier molecular flexibility index (Phi) is 3.20. The first-order valence-corrected chi connectivity index (χ1v) is 5.06. The molecule has 1 heterocycles. The van der Waals surface area contributed by atoms with Crippen LogP contribution in [0.25, 0.3) is 0 Å². The number of hydrogen-bond donors (Lipinski definition) is 0. The molecular formula is C11H17NO3. The van der Waals surface area contributed by atoms with Crippen molar-refractivity contribution in [1.82, 2.24) is 4.90 Å². The van der Waals surface area contributed by atoms with E-state index in [1.54, 1.807) is 4.90 Å². The molecule has 84 valence electrons. The first-order chi connectivity index (χ1) is 6.83. The molecule has 1 fully saturated rings. The van der Waals surface area contributed by atoms with E-state index in [2.05, 4.69) is 0 Å². The van der Waals surface area contributed by atoms with Gasteiger partial charge < -0.3 is 9.64 Å². The molecule has 1 aliphatic heterocycles. The molecule has 0 aromatic rings. The molecule has 0 aliphatic carbocycles. The Hall–Kier alpha value is -1.28. The van der Waals surface area contributed by atoms with Crippen molar-refractivity contribution in [1.29, 1.82) is 0 Å². The van der Waals surface area contributed by atoms with Crippen molar-refractivity contribution in [3.8, 4) is 0 Å². The van der Waals surface area contributed by atoms with Crippen molar-refractivity contribution in [3.05, 3.63) is 5.57 Å². The summed E-state index contributed by atoms with van der Waals surface area (Å²) in [5.41, 5.74) is 0.137. The summed E-state index contributed by atoms with van der Waals surface area (Å²) in [6, 6.07) is 0.0244. The zero-order valence-corrected chi connectivity index (χ0v) is 9.66. The van der Waals surface area contributed by atoms with E-state index in [-0.39, 0.29) is 12.1 Å². The van der Waals surface area contributed by atoms with Crippen molar-refractivity contribution in [2.24, 2.45) is 0 Å². The average molecular weight is 211 g/mol. The fourth-order valence-electron chi connectivity index (χ4n) is 1.53. The largest absolute Gasteiger partial charge is 0.444 e. The molecule has 1 amide bonds. The molecule has 4 nitrogen and oxygen atoms in total. The van der Waals surface area contributed by atoms with Gasteiger partial charge in [-0.05, 0) is 27.7 Å². The minimum absolute atomic E-state index is 0.0244. The van der Waals surface area contributed by atoms with Gasteiger partial charge >= 0.3 is 6.09 Å². The number of hydrogen-bond acceptors (Lipinski definition) is 3. The maximum atomic E-state index is 11.7. The highest BCUT2D eigenvalue weighted by molar-refractivity contribution is 5.71. The van der Waals surface area contributed by atoms with Crippen LogP contribution in [0.15, 0.2) is 5.57 Å². The minimum atomic E-state index is -0.496. The van der Waals surface area contributed by atoms with Gasteiger partial charge in [0, 0.05) is 18.0 Å². The molecule has 0 aromatic heterocycles. The van der Waals surface area contributed by atoms with E-state index in [4.69, 9.17) is 4.74 Å². The first-order valence-electron chi connectivity index (χ1n) is 5.06. The number of carbonyl (C=O) groups is 1. The zero-order chi connectivity index (χ0) is 11.6. The molecule has 0 aromatic carbocycles. The van der Waals surface area contributed by atoms with Crippen LogP contribution >= 0.6 is 0 Å². The Balaban J connectivity index is 2.66. The monoisotopic (exact) mass is 211 g/mol. The van der Waals surface area contributed by atoms with Crippen LogP contribution in [0.1, 0.15) is 34.1 Å². The Morgan fingerprint density at radius 2 is 2.13 bits per heavy atom. The highest BCUT2D eigenvalue weighted by Crippen LogP contribution is 2.22. The summed E-state index contributed by atoms with van der Waals surface area (Å²) in [5, 5.41) is 0. The van der Waals surface area contributed by atoms with E-state index in [9.17, 15) is 9.59 Å². The van der Waals surface area contributed by atoms with Crippen LogP contribution in [0.2, 0.25) is 0 Å². The van der Waals surface area contributed by atoms with Gasteiger partial charge in [0.25, 0.3) is 0 Å². The van der Waals surface area contributed by atoms with Crippen LogP contribution in [0.3, 0.4) is 0 Å². The Morgan fingerprint density at radius 1 is 1.53 bits per heavy atom. The molecule has 1 aliphatic rings. The second-order valence-electron chi connectivity index (χ2n) is 4.87. The SMILES string of the molecule is CC1CC(=C=O)CN1C(=O)OC(C)(C)C. The van der Waals surface area contributed by atoms with Crippen LogP contribution < -0.4 is 0 Å². The molecule has 1 unspecified atom stereocenters. The summed E-state index contributed by atoms with van der Waals surface area (Å²) in [5.74, 6) is 1.86. The maximum Gasteiger partial charge on any atom is 0.410 e. The van der Waals surface area contributed by atoms with Crippen LogP contribution in [0.5, 0.6) is 0 Å². The predicted molar refractivity (Wildman–Crippen MR) is 56.2 cm³/mol. The van der Waals surface area contributed by atoms with Crippen LogP contribution in [0.4, 0.5) is 4.79 Å². The lowest BCUT2D eigenvalue weighted by Gasteiger charge is -2.26. The number of amides is 1. The van der Waals surface area contributed by atoms with Crippen molar-refractivity contribution in [3.63, 3.8) is 0 Å².